The number of hydrogen-bond donors (Lipinski definition) is 0. The molecule has 1 heterocycles. The maximum absolute atomic E-state index is 6.08. The van der Waals surface area contributed by atoms with Crippen LogP contribution in [-0.4, -0.2) is 24.0 Å². The van der Waals surface area contributed by atoms with Crippen LogP contribution in [0.4, 0.5) is 0 Å². The smallest absolute Gasteiger partial charge is 0.135 e. The minimum Gasteiger partial charge on any atom is -0.497 e. The first kappa shape index (κ1) is 15.1. The monoisotopic (exact) mass is 310 g/mol. The molecule has 3 nitrogen and oxygen atoms in total. The zero-order valence-corrected chi connectivity index (χ0v) is 12.9. The topological polar surface area (TPSA) is 25.4 Å². The van der Waals surface area contributed by atoms with Gasteiger partial charge in [0.25, 0.3) is 0 Å². The summed E-state index contributed by atoms with van der Waals surface area (Å²) in [6, 6.07) is 11.7. The van der Waals surface area contributed by atoms with Crippen molar-refractivity contribution in [1.29, 1.82) is 0 Å². The molecule has 0 fully saturated rings. The summed E-state index contributed by atoms with van der Waals surface area (Å²) in [5, 5.41) is 0.871. The van der Waals surface area contributed by atoms with E-state index >= 15 is 0 Å². The highest BCUT2D eigenvalue weighted by molar-refractivity contribution is 6.32. The summed E-state index contributed by atoms with van der Waals surface area (Å²) < 4.78 is 5.14. The molecule has 1 aromatic heterocycles. The normalized spacial score (nSPS) is 10.8. The van der Waals surface area contributed by atoms with Crippen molar-refractivity contribution in [2.24, 2.45) is 0 Å². The molecule has 20 heavy (non-hydrogen) atoms. The summed E-state index contributed by atoms with van der Waals surface area (Å²) in [6.45, 7) is 1.54. The van der Waals surface area contributed by atoms with Gasteiger partial charge in [-0.05, 0) is 30.8 Å². The van der Waals surface area contributed by atoms with Crippen LogP contribution in [0.25, 0.3) is 0 Å². The Morgan fingerprint density at radius 1 is 1.05 bits per heavy atom. The van der Waals surface area contributed by atoms with Gasteiger partial charge in [0, 0.05) is 18.7 Å². The van der Waals surface area contributed by atoms with E-state index < -0.39 is 0 Å². The van der Waals surface area contributed by atoms with Crippen molar-refractivity contribution < 1.29 is 4.74 Å². The van der Waals surface area contributed by atoms with Gasteiger partial charge < -0.3 is 4.74 Å². The number of hydrogen-bond acceptors (Lipinski definition) is 3. The maximum atomic E-state index is 6.08. The molecule has 106 valence electrons. The Balaban J connectivity index is 1.99. The fourth-order valence-corrected chi connectivity index (χ4v) is 2.35. The predicted molar refractivity (Wildman–Crippen MR) is 82.4 cm³/mol. The van der Waals surface area contributed by atoms with Crippen molar-refractivity contribution in [3.63, 3.8) is 0 Å². The molecule has 0 aliphatic carbocycles. The minimum absolute atomic E-state index is 0.413. The fraction of sp³-hybridized carbons (Fsp3) is 0.267. The third-order valence-electron chi connectivity index (χ3n) is 2.94. The average molecular weight is 311 g/mol. The Kier molecular flexibility index (Phi) is 5.24. The molecule has 0 aliphatic heterocycles. The highest BCUT2D eigenvalue weighted by Crippen LogP contribution is 2.19. The first-order valence-electron chi connectivity index (χ1n) is 6.21. The Morgan fingerprint density at radius 2 is 1.75 bits per heavy atom. The lowest BCUT2D eigenvalue weighted by Gasteiger charge is -2.17. The molecule has 0 amide bonds. The van der Waals surface area contributed by atoms with Crippen LogP contribution in [0.2, 0.25) is 10.3 Å². The molecular weight excluding hydrogens is 295 g/mol. The van der Waals surface area contributed by atoms with Crippen LogP contribution in [0.3, 0.4) is 0 Å². The second-order valence-corrected chi connectivity index (χ2v) is 5.35. The summed E-state index contributed by atoms with van der Waals surface area (Å²) in [7, 11) is 3.70. The number of methoxy groups -OCH3 is 1. The molecule has 2 rings (SSSR count). The van der Waals surface area contributed by atoms with E-state index in [0.717, 1.165) is 24.4 Å². The molecule has 0 atom stereocenters. The molecule has 0 radical (unpaired) electrons. The van der Waals surface area contributed by atoms with Gasteiger partial charge in [0.1, 0.15) is 16.1 Å². The number of halogens is 2. The number of benzene rings is 1. The molecule has 5 heteroatoms. The van der Waals surface area contributed by atoms with Gasteiger partial charge in [0.05, 0.1) is 7.11 Å². The van der Waals surface area contributed by atoms with Crippen LogP contribution >= 0.6 is 23.2 Å². The lowest BCUT2D eigenvalue weighted by Crippen LogP contribution is -2.17. The largest absolute Gasteiger partial charge is 0.497 e. The average Bonchev–Trinajstić information content (AvgIpc) is 2.43. The summed E-state index contributed by atoms with van der Waals surface area (Å²) in [4.78, 5) is 6.21. The maximum Gasteiger partial charge on any atom is 0.135 e. The molecule has 0 unspecified atom stereocenters. The zero-order valence-electron chi connectivity index (χ0n) is 11.4. The first-order valence-corrected chi connectivity index (χ1v) is 6.96. The third-order valence-corrected chi connectivity index (χ3v) is 3.48. The van der Waals surface area contributed by atoms with Crippen LogP contribution in [0.15, 0.2) is 36.4 Å². The van der Waals surface area contributed by atoms with Gasteiger partial charge in [0.15, 0.2) is 0 Å². The lowest BCUT2D eigenvalue weighted by atomic mass is 10.2. The summed E-state index contributed by atoms with van der Waals surface area (Å²) in [5.41, 5.74) is 2.18. The number of rotatable bonds is 5. The van der Waals surface area contributed by atoms with E-state index in [1.165, 1.54) is 5.56 Å². The molecule has 0 spiro atoms. The van der Waals surface area contributed by atoms with Crippen molar-refractivity contribution in [1.82, 2.24) is 9.88 Å². The van der Waals surface area contributed by atoms with E-state index in [4.69, 9.17) is 27.9 Å². The standard InChI is InChI=1S/C15H16Cl2N2O/c1-19(9-11-3-6-13(20-2)7-4-11)10-12-5-8-14(16)18-15(12)17/h3-8H,9-10H2,1-2H3. The van der Waals surface area contributed by atoms with E-state index in [1.807, 2.05) is 25.2 Å². The summed E-state index contributed by atoms with van der Waals surface area (Å²) in [6.07, 6.45) is 0. The highest BCUT2D eigenvalue weighted by Gasteiger charge is 2.07. The first-order chi connectivity index (χ1) is 9.58. The van der Waals surface area contributed by atoms with Crippen LogP contribution in [-0.2, 0) is 13.1 Å². The van der Waals surface area contributed by atoms with Crippen LogP contribution in [0.1, 0.15) is 11.1 Å². The van der Waals surface area contributed by atoms with Gasteiger partial charge in [-0.2, -0.15) is 0 Å². The zero-order chi connectivity index (χ0) is 14.5. The van der Waals surface area contributed by atoms with E-state index in [-0.39, 0.29) is 0 Å². The third kappa shape index (κ3) is 4.10. The highest BCUT2D eigenvalue weighted by atomic mass is 35.5. The fourth-order valence-electron chi connectivity index (χ4n) is 1.95. The van der Waals surface area contributed by atoms with E-state index in [0.29, 0.717) is 10.3 Å². The van der Waals surface area contributed by atoms with E-state index in [9.17, 15) is 0 Å². The second-order valence-electron chi connectivity index (χ2n) is 4.60. The van der Waals surface area contributed by atoms with Crippen LogP contribution in [0.5, 0.6) is 5.75 Å². The molecule has 1 aromatic carbocycles. The van der Waals surface area contributed by atoms with Gasteiger partial charge in [-0.3, -0.25) is 4.90 Å². The number of pyridine rings is 1. The summed E-state index contributed by atoms with van der Waals surface area (Å²) >= 11 is 11.9. The minimum atomic E-state index is 0.413. The SMILES string of the molecule is COc1ccc(CN(C)Cc2ccc(Cl)nc2Cl)cc1. The van der Waals surface area contributed by atoms with Crippen molar-refractivity contribution in [3.05, 3.63) is 57.8 Å². The van der Waals surface area contributed by atoms with Crippen molar-refractivity contribution in [3.8, 4) is 5.75 Å². The van der Waals surface area contributed by atoms with Gasteiger partial charge in [-0.15, -0.1) is 0 Å². The van der Waals surface area contributed by atoms with Gasteiger partial charge in [-0.25, -0.2) is 4.98 Å². The van der Waals surface area contributed by atoms with Gasteiger partial charge in [0.2, 0.25) is 0 Å². The molecular formula is C15H16Cl2N2O. The Morgan fingerprint density at radius 3 is 2.35 bits per heavy atom. The number of nitrogens with zero attached hydrogens (tertiary/aromatic N) is 2. The molecule has 0 bridgehead atoms. The lowest BCUT2D eigenvalue weighted by molar-refractivity contribution is 0.318. The van der Waals surface area contributed by atoms with Crippen molar-refractivity contribution in [2.45, 2.75) is 13.1 Å². The Hall–Kier alpha value is -1.29. The number of aromatic nitrogens is 1. The van der Waals surface area contributed by atoms with Gasteiger partial charge >= 0.3 is 0 Å². The van der Waals surface area contributed by atoms with Crippen molar-refractivity contribution in [2.75, 3.05) is 14.2 Å². The Bertz CT molecular complexity index is 573. The van der Waals surface area contributed by atoms with Crippen LogP contribution < -0.4 is 4.74 Å². The van der Waals surface area contributed by atoms with Crippen molar-refractivity contribution >= 4 is 23.2 Å². The molecule has 0 saturated carbocycles. The van der Waals surface area contributed by atoms with E-state index in [1.54, 1.807) is 13.2 Å². The Labute approximate surface area is 129 Å². The molecule has 2 aromatic rings. The second kappa shape index (κ2) is 6.93. The summed E-state index contributed by atoms with van der Waals surface area (Å²) in [5.74, 6) is 0.862. The predicted octanol–water partition coefficient (Wildman–Crippen LogP) is 4.03. The quantitative estimate of drug-likeness (QED) is 0.780. The molecule has 0 aliphatic rings. The van der Waals surface area contributed by atoms with E-state index in [2.05, 4.69) is 22.0 Å². The van der Waals surface area contributed by atoms with Gasteiger partial charge in [-0.1, -0.05) is 41.4 Å². The number of ether oxygens (including phenoxy) is 1. The molecule has 0 N–H and O–H groups in total. The molecule has 0 saturated heterocycles. The van der Waals surface area contributed by atoms with Crippen LogP contribution in [0, 0.1) is 0 Å².